The van der Waals surface area contributed by atoms with E-state index in [0.29, 0.717) is 5.82 Å². The molecule has 0 radical (unpaired) electrons. The lowest BCUT2D eigenvalue weighted by Crippen LogP contribution is -2.09. The first-order valence-electron chi connectivity index (χ1n) is 3.28. The van der Waals surface area contributed by atoms with Crippen LogP contribution in [0.2, 0.25) is 0 Å². The van der Waals surface area contributed by atoms with Crippen molar-refractivity contribution in [2.24, 2.45) is 0 Å². The third-order valence-corrected chi connectivity index (χ3v) is 1.70. The van der Waals surface area contributed by atoms with E-state index in [1.165, 1.54) is 4.68 Å². The topological polar surface area (TPSA) is 74.3 Å². The quantitative estimate of drug-likeness (QED) is 0.509. The van der Waals surface area contributed by atoms with Crippen LogP contribution in [0.3, 0.4) is 0 Å². The first-order valence-corrected chi connectivity index (χ1v) is 3.28. The summed E-state index contributed by atoms with van der Waals surface area (Å²) < 4.78 is 3.10. The van der Waals surface area contributed by atoms with Crippen molar-refractivity contribution < 1.29 is 0 Å². The number of aryl methyl sites for hydroxylation is 1. The van der Waals surface area contributed by atoms with Gasteiger partial charge in [0.25, 0.3) is 0 Å². The number of fused-ring (bicyclic) bond motifs is 1. The summed E-state index contributed by atoms with van der Waals surface area (Å²) in [5, 5.41) is 4.10. The summed E-state index contributed by atoms with van der Waals surface area (Å²) in [6.45, 7) is 1.83. The van der Waals surface area contributed by atoms with Crippen molar-refractivity contribution in [1.29, 1.82) is 0 Å². The number of anilines is 1. The Labute approximate surface area is 63.2 Å². The zero-order chi connectivity index (χ0) is 8.01. The van der Waals surface area contributed by atoms with E-state index in [-0.39, 0.29) is 0 Å². The minimum atomic E-state index is 0.604. The number of nitrogens with two attached hydrogens (primary N) is 2. The molecule has 0 aliphatic rings. The number of hydrogen-bond donors (Lipinski definition) is 2. The van der Waals surface area contributed by atoms with Crippen molar-refractivity contribution in [2.75, 3.05) is 11.6 Å². The minimum Gasteiger partial charge on any atom is -0.384 e. The molecule has 2 aromatic rings. The maximum atomic E-state index is 5.63. The van der Waals surface area contributed by atoms with E-state index >= 15 is 0 Å². The molecule has 0 fully saturated rings. The van der Waals surface area contributed by atoms with Crippen LogP contribution in [0.1, 0.15) is 5.82 Å². The van der Waals surface area contributed by atoms with Gasteiger partial charge in [0.05, 0.1) is 0 Å². The van der Waals surface area contributed by atoms with Crippen LogP contribution in [0.15, 0.2) is 12.1 Å². The van der Waals surface area contributed by atoms with Gasteiger partial charge in [-0.1, -0.05) is 0 Å². The maximum absolute atomic E-state index is 5.63. The number of nitrogen functional groups attached to an aromatic ring is 2. The summed E-state index contributed by atoms with van der Waals surface area (Å²) in [7, 11) is 0. The van der Waals surface area contributed by atoms with Gasteiger partial charge in [0.2, 0.25) is 0 Å². The number of nitrogens with zero attached hydrogens (tertiary/aromatic N) is 3. The Balaban J connectivity index is 2.93. The van der Waals surface area contributed by atoms with Gasteiger partial charge in [0.15, 0.2) is 5.65 Å². The predicted octanol–water partition coefficient (Wildman–Crippen LogP) is -0.260. The van der Waals surface area contributed by atoms with Gasteiger partial charge in [-0.3, -0.25) is 0 Å². The molecule has 2 rings (SSSR count). The molecule has 2 heterocycles. The van der Waals surface area contributed by atoms with Gasteiger partial charge in [0, 0.05) is 0 Å². The molecule has 0 bridgehead atoms. The summed E-state index contributed by atoms with van der Waals surface area (Å²) in [5.41, 5.74) is 6.40. The van der Waals surface area contributed by atoms with Gasteiger partial charge in [0.1, 0.15) is 11.6 Å². The Bertz CT molecular complexity index is 396. The smallest absolute Gasteiger partial charge is 0.156 e. The standard InChI is InChI=1S/C6H9N5/c1-4-9-11-5(7)2-3-6(11)10(4)8/h2-3H,7-8H2,1H3. The van der Waals surface area contributed by atoms with Crippen LogP contribution in [0.4, 0.5) is 5.82 Å². The molecule has 11 heavy (non-hydrogen) atoms. The highest BCUT2D eigenvalue weighted by atomic mass is 15.5. The van der Waals surface area contributed by atoms with Crippen molar-refractivity contribution in [3.8, 4) is 0 Å². The van der Waals surface area contributed by atoms with E-state index in [9.17, 15) is 0 Å². The second-order valence-corrected chi connectivity index (χ2v) is 2.45. The summed E-state index contributed by atoms with van der Waals surface area (Å²) >= 11 is 0. The lowest BCUT2D eigenvalue weighted by molar-refractivity contribution is 0.916. The first-order chi connectivity index (χ1) is 5.20. The normalized spacial score (nSPS) is 11.0. The third-order valence-electron chi connectivity index (χ3n) is 1.70. The lowest BCUT2D eigenvalue weighted by Gasteiger charge is -1.90. The zero-order valence-corrected chi connectivity index (χ0v) is 6.15. The van der Waals surface area contributed by atoms with Crippen LogP contribution in [-0.4, -0.2) is 14.3 Å². The molecule has 5 heteroatoms. The molecule has 0 saturated heterocycles. The van der Waals surface area contributed by atoms with Crippen LogP contribution < -0.4 is 11.6 Å². The molecule has 0 atom stereocenters. The summed E-state index contributed by atoms with van der Waals surface area (Å²) in [5.74, 6) is 6.98. The summed E-state index contributed by atoms with van der Waals surface area (Å²) in [6.07, 6.45) is 0. The van der Waals surface area contributed by atoms with E-state index < -0.39 is 0 Å². The molecular formula is C6H9N5. The average molecular weight is 151 g/mol. The van der Waals surface area contributed by atoms with Crippen molar-refractivity contribution in [1.82, 2.24) is 14.3 Å². The van der Waals surface area contributed by atoms with E-state index in [0.717, 1.165) is 11.5 Å². The van der Waals surface area contributed by atoms with Crippen LogP contribution in [0, 0.1) is 6.92 Å². The maximum Gasteiger partial charge on any atom is 0.156 e. The highest BCUT2D eigenvalue weighted by Gasteiger charge is 2.05. The van der Waals surface area contributed by atoms with Gasteiger partial charge in [-0.2, -0.15) is 4.52 Å². The molecule has 0 amide bonds. The van der Waals surface area contributed by atoms with Crippen LogP contribution >= 0.6 is 0 Å². The molecule has 0 saturated carbocycles. The number of aromatic nitrogens is 3. The minimum absolute atomic E-state index is 0.604. The van der Waals surface area contributed by atoms with Crippen molar-refractivity contribution in [3.05, 3.63) is 18.0 Å². The van der Waals surface area contributed by atoms with Crippen molar-refractivity contribution >= 4 is 11.5 Å². The third kappa shape index (κ3) is 0.618. The lowest BCUT2D eigenvalue weighted by atomic mass is 10.6. The zero-order valence-electron chi connectivity index (χ0n) is 6.15. The molecule has 0 aliphatic carbocycles. The van der Waals surface area contributed by atoms with Crippen LogP contribution in [-0.2, 0) is 0 Å². The van der Waals surface area contributed by atoms with Gasteiger partial charge in [-0.05, 0) is 19.1 Å². The Kier molecular flexibility index (Phi) is 0.934. The molecule has 0 spiro atoms. The number of rotatable bonds is 0. The van der Waals surface area contributed by atoms with E-state index in [1.807, 2.05) is 13.0 Å². The fourth-order valence-corrected chi connectivity index (χ4v) is 1.08. The van der Waals surface area contributed by atoms with E-state index in [4.69, 9.17) is 11.6 Å². The molecule has 2 aromatic heterocycles. The molecule has 0 aromatic carbocycles. The Morgan fingerprint density at radius 1 is 1.45 bits per heavy atom. The van der Waals surface area contributed by atoms with Crippen LogP contribution in [0.5, 0.6) is 0 Å². The molecule has 0 aliphatic heterocycles. The van der Waals surface area contributed by atoms with Crippen LogP contribution in [0.25, 0.3) is 5.65 Å². The van der Waals surface area contributed by atoms with Crippen molar-refractivity contribution in [3.63, 3.8) is 0 Å². The molecular weight excluding hydrogens is 142 g/mol. The fraction of sp³-hybridized carbons (Fsp3) is 0.167. The monoisotopic (exact) mass is 151 g/mol. The van der Waals surface area contributed by atoms with Crippen molar-refractivity contribution in [2.45, 2.75) is 6.92 Å². The predicted molar refractivity (Wildman–Crippen MR) is 42.5 cm³/mol. The first kappa shape index (κ1) is 6.09. The highest BCUT2D eigenvalue weighted by Crippen LogP contribution is 2.10. The second kappa shape index (κ2) is 1.69. The largest absolute Gasteiger partial charge is 0.384 e. The second-order valence-electron chi connectivity index (χ2n) is 2.45. The Morgan fingerprint density at radius 3 is 2.82 bits per heavy atom. The molecule has 58 valence electrons. The SMILES string of the molecule is Cc1nn2c(N)ccc2n1N. The van der Waals surface area contributed by atoms with Gasteiger partial charge < -0.3 is 11.6 Å². The van der Waals surface area contributed by atoms with E-state index in [2.05, 4.69) is 5.10 Å². The molecule has 5 nitrogen and oxygen atoms in total. The molecule has 4 N–H and O–H groups in total. The van der Waals surface area contributed by atoms with Gasteiger partial charge in [-0.15, -0.1) is 5.10 Å². The highest BCUT2D eigenvalue weighted by molar-refractivity contribution is 5.50. The summed E-state index contributed by atoms with van der Waals surface area (Å²) in [6, 6.07) is 3.60. The van der Waals surface area contributed by atoms with E-state index in [1.54, 1.807) is 10.6 Å². The molecule has 0 unspecified atom stereocenters. The average Bonchev–Trinajstić information content (AvgIpc) is 2.43. The fourth-order valence-electron chi connectivity index (χ4n) is 1.08. The Hall–Kier alpha value is -1.65. The summed E-state index contributed by atoms with van der Waals surface area (Å²) in [4.78, 5) is 0. The Morgan fingerprint density at radius 2 is 2.18 bits per heavy atom. The van der Waals surface area contributed by atoms with Gasteiger partial charge in [-0.25, -0.2) is 4.68 Å². The van der Waals surface area contributed by atoms with Gasteiger partial charge >= 0.3 is 0 Å². The number of hydrogen-bond acceptors (Lipinski definition) is 3.